The standard InChI is InChI=1S/C15H15F2NO2S/c1-9-18-15(13-3-2-11(16)5-14(13)17)8-20-12(6-19)4-10(15)7-21-9/h2-3,5-6,10,12H,4,7-8H2,1H3/t10-,12+,15-/m0/s1. The highest BCUT2D eigenvalue weighted by atomic mass is 32.2. The Labute approximate surface area is 125 Å². The molecule has 1 aromatic rings. The zero-order valence-electron chi connectivity index (χ0n) is 11.5. The van der Waals surface area contributed by atoms with Gasteiger partial charge in [-0.1, -0.05) is 6.07 Å². The van der Waals surface area contributed by atoms with E-state index in [0.717, 1.165) is 23.1 Å². The highest BCUT2D eigenvalue weighted by molar-refractivity contribution is 8.13. The number of ether oxygens (including phenoxy) is 1. The average Bonchev–Trinajstić information content (AvgIpc) is 2.46. The Hall–Kier alpha value is -1.27. The number of aliphatic imine (C=N–C) groups is 1. The molecule has 0 spiro atoms. The molecule has 2 aliphatic rings. The number of halogens is 2. The monoisotopic (exact) mass is 311 g/mol. The van der Waals surface area contributed by atoms with Gasteiger partial charge in [0.1, 0.15) is 29.6 Å². The van der Waals surface area contributed by atoms with Gasteiger partial charge in [-0.15, -0.1) is 11.8 Å². The molecule has 0 radical (unpaired) electrons. The summed E-state index contributed by atoms with van der Waals surface area (Å²) in [6.07, 6.45) is 0.811. The van der Waals surface area contributed by atoms with Crippen molar-refractivity contribution in [2.24, 2.45) is 10.9 Å². The number of carbonyl (C=O) groups is 1. The first kappa shape index (κ1) is 14.7. The topological polar surface area (TPSA) is 38.7 Å². The van der Waals surface area contributed by atoms with Crippen LogP contribution in [0.4, 0.5) is 8.78 Å². The van der Waals surface area contributed by atoms with Crippen LogP contribution < -0.4 is 0 Å². The van der Waals surface area contributed by atoms with Crippen molar-refractivity contribution in [3.63, 3.8) is 0 Å². The molecule has 112 valence electrons. The van der Waals surface area contributed by atoms with Crippen molar-refractivity contribution >= 4 is 23.1 Å². The lowest BCUT2D eigenvalue weighted by atomic mass is 9.75. The van der Waals surface area contributed by atoms with Crippen LogP contribution in [0, 0.1) is 17.6 Å². The summed E-state index contributed by atoms with van der Waals surface area (Å²) in [5.74, 6) is -0.482. The summed E-state index contributed by atoms with van der Waals surface area (Å²) in [6, 6.07) is 3.55. The van der Waals surface area contributed by atoms with E-state index in [2.05, 4.69) is 4.99 Å². The molecule has 3 atom stereocenters. The highest BCUT2D eigenvalue weighted by Gasteiger charge is 2.49. The second kappa shape index (κ2) is 5.50. The number of rotatable bonds is 2. The van der Waals surface area contributed by atoms with Gasteiger partial charge in [-0.25, -0.2) is 8.78 Å². The highest BCUT2D eigenvalue weighted by Crippen LogP contribution is 2.46. The van der Waals surface area contributed by atoms with Crippen LogP contribution in [0.2, 0.25) is 0 Å². The molecule has 6 heteroatoms. The molecule has 3 rings (SSSR count). The smallest absolute Gasteiger partial charge is 0.148 e. The van der Waals surface area contributed by atoms with Crippen molar-refractivity contribution in [3.05, 3.63) is 35.4 Å². The summed E-state index contributed by atoms with van der Waals surface area (Å²) in [7, 11) is 0. The summed E-state index contributed by atoms with van der Waals surface area (Å²) in [4.78, 5) is 15.6. The van der Waals surface area contributed by atoms with Crippen LogP contribution in [-0.2, 0) is 15.1 Å². The van der Waals surface area contributed by atoms with Gasteiger partial charge in [-0.3, -0.25) is 4.99 Å². The fraction of sp³-hybridized carbons (Fsp3) is 0.467. The lowest BCUT2D eigenvalue weighted by molar-refractivity contribution is -0.127. The molecule has 0 unspecified atom stereocenters. The molecule has 0 aliphatic carbocycles. The summed E-state index contributed by atoms with van der Waals surface area (Å²) in [5, 5.41) is 0.850. The minimum atomic E-state index is -0.855. The van der Waals surface area contributed by atoms with Crippen LogP contribution >= 0.6 is 11.8 Å². The normalized spacial score (nSPS) is 32.2. The van der Waals surface area contributed by atoms with Crippen LogP contribution in [0.3, 0.4) is 0 Å². The summed E-state index contributed by atoms with van der Waals surface area (Å²) < 4.78 is 33.0. The Morgan fingerprint density at radius 2 is 2.29 bits per heavy atom. The zero-order valence-corrected chi connectivity index (χ0v) is 12.3. The summed E-state index contributed by atoms with van der Waals surface area (Å²) in [5.41, 5.74) is -0.509. The van der Waals surface area contributed by atoms with E-state index in [4.69, 9.17) is 4.74 Å². The third-order valence-electron chi connectivity index (χ3n) is 4.11. The number of fused-ring (bicyclic) bond motifs is 1. The summed E-state index contributed by atoms with van der Waals surface area (Å²) in [6.45, 7) is 2.01. The molecule has 2 heterocycles. The molecule has 0 N–H and O–H groups in total. The quantitative estimate of drug-likeness (QED) is 0.788. The Bertz CT molecular complexity index is 607. The first-order valence-electron chi connectivity index (χ1n) is 6.77. The Morgan fingerprint density at radius 1 is 1.48 bits per heavy atom. The van der Waals surface area contributed by atoms with Crippen molar-refractivity contribution < 1.29 is 18.3 Å². The van der Waals surface area contributed by atoms with E-state index in [1.807, 2.05) is 6.92 Å². The van der Waals surface area contributed by atoms with E-state index in [1.165, 1.54) is 12.1 Å². The number of thioether (sulfide) groups is 1. The van der Waals surface area contributed by atoms with Gasteiger partial charge in [0.15, 0.2) is 0 Å². The maximum atomic E-state index is 14.3. The van der Waals surface area contributed by atoms with Crippen molar-refractivity contribution in [1.82, 2.24) is 0 Å². The Morgan fingerprint density at radius 3 is 3.00 bits per heavy atom. The van der Waals surface area contributed by atoms with Gasteiger partial charge >= 0.3 is 0 Å². The van der Waals surface area contributed by atoms with E-state index in [9.17, 15) is 13.6 Å². The number of nitrogens with zero attached hydrogens (tertiary/aromatic N) is 1. The summed E-state index contributed by atoms with van der Waals surface area (Å²) >= 11 is 1.60. The van der Waals surface area contributed by atoms with Gasteiger partial charge in [0, 0.05) is 23.3 Å². The van der Waals surface area contributed by atoms with Crippen molar-refractivity contribution in [1.29, 1.82) is 0 Å². The van der Waals surface area contributed by atoms with E-state index in [-0.39, 0.29) is 12.5 Å². The van der Waals surface area contributed by atoms with E-state index in [1.54, 1.807) is 11.8 Å². The Kier molecular flexibility index (Phi) is 3.84. The zero-order chi connectivity index (χ0) is 15.0. The molecule has 3 nitrogen and oxygen atoms in total. The van der Waals surface area contributed by atoms with Crippen molar-refractivity contribution in [3.8, 4) is 0 Å². The number of hydrogen-bond acceptors (Lipinski definition) is 4. The van der Waals surface area contributed by atoms with Crippen LogP contribution in [-0.4, -0.2) is 29.8 Å². The number of hydrogen-bond donors (Lipinski definition) is 0. The van der Waals surface area contributed by atoms with E-state index in [0.29, 0.717) is 12.0 Å². The van der Waals surface area contributed by atoms with Crippen LogP contribution in [0.15, 0.2) is 23.2 Å². The lowest BCUT2D eigenvalue weighted by Gasteiger charge is -2.45. The second-order valence-electron chi connectivity index (χ2n) is 5.41. The van der Waals surface area contributed by atoms with Gasteiger partial charge in [0.2, 0.25) is 0 Å². The molecule has 1 aromatic carbocycles. The predicted molar refractivity (Wildman–Crippen MR) is 77.5 cm³/mol. The van der Waals surface area contributed by atoms with E-state index >= 15 is 0 Å². The number of aldehydes is 1. The third-order valence-corrected chi connectivity index (χ3v) is 5.19. The first-order valence-corrected chi connectivity index (χ1v) is 7.75. The number of benzene rings is 1. The van der Waals surface area contributed by atoms with Gasteiger partial charge in [-0.05, 0) is 19.4 Å². The molecule has 0 bridgehead atoms. The lowest BCUT2D eigenvalue weighted by Crippen LogP contribution is -2.49. The average molecular weight is 311 g/mol. The van der Waals surface area contributed by atoms with Crippen LogP contribution in [0.5, 0.6) is 0 Å². The third kappa shape index (κ3) is 2.51. The van der Waals surface area contributed by atoms with Crippen LogP contribution in [0.1, 0.15) is 18.9 Å². The maximum absolute atomic E-state index is 14.3. The Balaban J connectivity index is 2.09. The predicted octanol–water partition coefficient (Wildman–Crippen LogP) is 2.93. The minimum absolute atomic E-state index is 0.00453. The van der Waals surface area contributed by atoms with Gasteiger partial charge in [0.25, 0.3) is 0 Å². The molecule has 0 amide bonds. The fourth-order valence-corrected chi connectivity index (χ4v) is 4.13. The first-order chi connectivity index (χ1) is 10.0. The fourth-order valence-electron chi connectivity index (χ4n) is 3.05. The van der Waals surface area contributed by atoms with Gasteiger partial charge in [0.05, 0.1) is 11.7 Å². The molecular formula is C15H15F2NO2S. The molecule has 21 heavy (non-hydrogen) atoms. The van der Waals surface area contributed by atoms with Crippen LogP contribution in [0.25, 0.3) is 0 Å². The molecule has 0 aromatic heterocycles. The second-order valence-corrected chi connectivity index (χ2v) is 6.62. The van der Waals surface area contributed by atoms with Crippen molar-refractivity contribution in [2.45, 2.75) is 25.0 Å². The van der Waals surface area contributed by atoms with Gasteiger partial charge < -0.3 is 9.53 Å². The molecule has 2 aliphatic heterocycles. The maximum Gasteiger partial charge on any atom is 0.148 e. The molecule has 1 saturated heterocycles. The van der Waals surface area contributed by atoms with Gasteiger partial charge in [-0.2, -0.15) is 0 Å². The van der Waals surface area contributed by atoms with E-state index < -0.39 is 23.3 Å². The number of carbonyl (C=O) groups excluding carboxylic acids is 1. The molecule has 0 saturated carbocycles. The van der Waals surface area contributed by atoms with Crippen molar-refractivity contribution in [2.75, 3.05) is 12.4 Å². The molecule has 1 fully saturated rings. The SMILES string of the molecule is CC1=N[C@@]2(c3ccc(F)cc3F)CO[C@@H](C=O)C[C@H]2CS1. The largest absolute Gasteiger partial charge is 0.368 e. The molecular weight excluding hydrogens is 296 g/mol. The minimum Gasteiger partial charge on any atom is -0.368 e.